The molecule has 3 heteroatoms. The molecule has 0 saturated heterocycles. The van der Waals surface area contributed by atoms with Crippen LogP contribution in [-0.2, 0) is 0 Å². The average molecular weight is 237 g/mol. The van der Waals surface area contributed by atoms with Gasteiger partial charge in [0.2, 0.25) is 0 Å². The van der Waals surface area contributed by atoms with E-state index in [9.17, 15) is 0 Å². The van der Waals surface area contributed by atoms with Crippen LogP contribution in [-0.4, -0.2) is 11.5 Å². The van der Waals surface area contributed by atoms with Gasteiger partial charge in [-0.1, -0.05) is 12.1 Å². The van der Waals surface area contributed by atoms with Gasteiger partial charge in [0.1, 0.15) is 11.9 Å². The molecule has 2 aromatic rings. The van der Waals surface area contributed by atoms with E-state index in [1.807, 2.05) is 12.1 Å². The smallest absolute Gasteiger partial charge is 0.132 e. The van der Waals surface area contributed by atoms with Gasteiger partial charge in [0.05, 0.1) is 5.56 Å². The Hall–Kier alpha value is -2.34. The van der Waals surface area contributed by atoms with E-state index in [-0.39, 0.29) is 0 Å². The summed E-state index contributed by atoms with van der Waals surface area (Å²) in [5, 5.41) is 8.77. The standard InChI is InChI=1S/C15H15N3/c1-3-18(14-6-4-5-12(2)9-14)15-8-7-13(10-16)11-17-15/h4-9,11H,3H2,1-2H3. The third-order valence-corrected chi connectivity index (χ3v) is 2.78. The molecule has 0 unspecified atom stereocenters. The Balaban J connectivity index is 2.36. The molecule has 1 aromatic carbocycles. The van der Waals surface area contributed by atoms with Crippen molar-refractivity contribution in [1.82, 2.24) is 4.98 Å². The number of aromatic nitrogens is 1. The fourth-order valence-electron chi connectivity index (χ4n) is 1.88. The van der Waals surface area contributed by atoms with Crippen molar-refractivity contribution >= 4 is 11.5 Å². The summed E-state index contributed by atoms with van der Waals surface area (Å²) in [4.78, 5) is 6.45. The molecule has 2 rings (SSSR count). The normalized spacial score (nSPS) is 9.83. The van der Waals surface area contributed by atoms with Gasteiger partial charge in [-0.2, -0.15) is 5.26 Å². The minimum absolute atomic E-state index is 0.582. The molecule has 0 spiro atoms. The second-order valence-corrected chi connectivity index (χ2v) is 4.10. The molecule has 0 saturated carbocycles. The average Bonchev–Trinajstić information content (AvgIpc) is 2.40. The maximum atomic E-state index is 8.77. The largest absolute Gasteiger partial charge is 0.327 e. The molecule has 0 amide bonds. The molecule has 1 heterocycles. The molecule has 0 aliphatic rings. The predicted molar refractivity (Wildman–Crippen MR) is 72.8 cm³/mol. The number of nitrogens with zero attached hydrogens (tertiary/aromatic N) is 3. The Labute approximate surface area is 107 Å². The number of rotatable bonds is 3. The highest BCUT2D eigenvalue weighted by molar-refractivity contribution is 5.60. The van der Waals surface area contributed by atoms with Gasteiger partial charge in [-0.05, 0) is 43.7 Å². The number of hydrogen-bond donors (Lipinski definition) is 0. The number of pyridine rings is 1. The van der Waals surface area contributed by atoms with Crippen LogP contribution in [0.3, 0.4) is 0 Å². The van der Waals surface area contributed by atoms with Gasteiger partial charge in [-0.25, -0.2) is 4.98 Å². The van der Waals surface area contributed by atoms with Crippen molar-refractivity contribution in [2.75, 3.05) is 11.4 Å². The molecular formula is C15H15N3. The third kappa shape index (κ3) is 2.49. The molecule has 0 radical (unpaired) electrons. The lowest BCUT2D eigenvalue weighted by atomic mass is 10.2. The lowest BCUT2D eigenvalue weighted by molar-refractivity contribution is 0.987. The van der Waals surface area contributed by atoms with Crippen LogP contribution >= 0.6 is 0 Å². The highest BCUT2D eigenvalue weighted by Gasteiger charge is 2.08. The Bertz CT molecular complexity index is 567. The molecule has 18 heavy (non-hydrogen) atoms. The van der Waals surface area contributed by atoms with Crippen LogP contribution in [0.15, 0.2) is 42.6 Å². The highest BCUT2D eigenvalue weighted by atomic mass is 15.2. The van der Waals surface area contributed by atoms with Crippen LogP contribution in [0.1, 0.15) is 18.1 Å². The third-order valence-electron chi connectivity index (χ3n) is 2.78. The summed E-state index contributed by atoms with van der Waals surface area (Å²) in [5.41, 5.74) is 2.92. The molecular weight excluding hydrogens is 222 g/mol. The van der Waals surface area contributed by atoms with E-state index in [0.29, 0.717) is 5.56 Å². The van der Waals surface area contributed by atoms with E-state index >= 15 is 0 Å². The summed E-state index contributed by atoms with van der Waals surface area (Å²) < 4.78 is 0. The zero-order chi connectivity index (χ0) is 13.0. The van der Waals surface area contributed by atoms with Crippen molar-refractivity contribution in [2.24, 2.45) is 0 Å². The monoisotopic (exact) mass is 237 g/mol. The number of aryl methyl sites for hydroxylation is 1. The van der Waals surface area contributed by atoms with Gasteiger partial charge < -0.3 is 4.90 Å². The second kappa shape index (κ2) is 5.33. The molecule has 0 N–H and O–H groups in total. The first-order valence-electron chi connectivity index (χ1n) is 5.95. The predicted octanol–water partition coefficient (Wildman–Crippen LogP) is 3.42. The van der Waals surface area contributed by atoms with Gasteiger partial charge in [-0.3, -0.25) is 0 Å². The van der Waals surface area contributed by atoms with Crippen molar-refractivity contribution < 1.29 is 0 Å². The molecule has 0 aliphatic carbocycles. The molecule has 0 atom stereocenters. The number of anilines is 2. The number of benzene rings is 1. The molecule has 90 valence electrons. The van der Waals surface area contributed by atoms with E-state index in [4.69, 9.17) is 5.26 Å². The Morgan fingerprint density at radius 3 is 2.67 bits per heavy atom. The second-order valence-electron chi connectivity index (χ2n) is 4.10. The first-order chi connectivity index (χ1) is 8.74. The minimum Gasteiger partial charge on any atom is -0.327 e. The summed E-state index contributed by atoms with van der Waals surface area (Å²) in [6, 6.07) is 14.1. The van der Waals surface area contributed by atoms with Gasteiger partial charge in [-0.15, -0.1) is 0 Å². The van der Waals surface area contributed by atoms with Crippen molar-refractivity contribution in [2.45, 2.75) is 13.8 Å². The Morgan fingerprint density at radius 1 is 1.28 bits per heavy atom. The molecule has 0 aliphatic heterocycles. The highest BCUT2D eigenvalue weighted by Crippen LogP contribution is 2.23. The van der Waals surface area contributed by atoms with E-state index in [1.165, 1.54) is 5.56 Å². The fraction of sp³-hybridized carbons (Fsp3) is 0.200. The fourth-order valence-corrected chi connectivity index (χ4v) is 1.88. The quantitative estimate of drug-likeness (QED) is 0.821. The van der Waals surface area contributed by atoms with Crippen LogP contribution in [0.5, 0.6) is 0 Å². The van der Waals surface area contributed by atoms with Crippen molar-refractivity contribution in [1.29, 1.82) is 5.26 Å². The summed E-state index contributed by atoms with van der Waals surface area (Å²) in [6.07, 6.45) is 1.60. The Kier molecular flexibility index (Phi) is 3.59. The lowest BCUT2D eigenvalue weighted by Crippen LogP contribution is -2.17. The first-order valence-corrected chi connectivity index (χ1v) is 5.95. The van der Waals surface area contributed by atoms with E-state index < -0.39 is 0 Å². The van der Waals surface area contributed by atoms with Crippen LogP contribution in [0, 0.1) is 18.3 Å². The van der Waals surface area contributed by atoms with Gasteiger partial charge in [0.15, 0.2) is 0 Å². The van der Waals surface area contributed by atoms with Crippen LogP contribution in [0.4, 0.5) is 11.5 Å². The summed E-state index contributed by atoms with van der Waals surface area (Å²) in [5.74, 6) is 0.863. The summed E-state index contributed by atoms with van der Waals surface area (Å²) >= 11 is 0. The zero-order valence-electron chi connectivity index (χ0n) is 10.6. The lowest BCUT2D eigenvalue weighted by Gasteiger charge is -2.22. The molecule has 0 fully saturated rings. The van der Waals surface area contributed by atoms with Crippen LogP contribution < -0.4 is 4.90 Å². The Morgan fingerprint density at radius 2 is 2.11 bits per heavy atom. The van der Waals surface area contributed by atoms with E-state index in [2.05, 4.69) is 48.0 Å². The van der Waals surface area contributed by atoms with Gasteiger partial charge in [0, 0.05) is 18.4 Å². The number of nitriles is 1. The summed E-state index contributed by atoms with van der Waals surface area (Å²) in [7, 11) is 0. The van der Waals surface area contributed by atoms with Crippen molar-refractivity contribution in [3.05, 3.63) is 53.7 Å². The van der Waals surface area contributed by atoms with Crippen LogP contribution in [0.2, 0.25) is 0 Å². The van der Waals surface area contributed by atoms with E-state index in [0.717, 1.165) is 18.1 Å². The first kappa shape index (κ1) is 12.1. The maximum Gasteiger partial charge on any atom is 0.132 e. The van der Waals surface area contributed by atoms with Gasteiger partial charge >= 0.3 is 0 Å². The van der Waals surface area contributed by atoms with Gasteiger partial charge in [0.25, 0.3) is 0 Å². The topological polar surface area (TPSA) is 39.9 Å². The molecule has 1 aromatic heterocycles. The van der Waals surface area contributed by atoms with Crippen molar-refractivity contribution in [3.63, 3.8) is 0 Å². The zero-order valence-corrected chi connectivity index (χ0v) is 10.6. The minimum atomic E-state index is 0.582. The molecule has 3 nitrogen and oxygen atoms in total. The number of hydrogen-bond acceptors (Lipinski definition) is 3. The van der Waals surface area contributed by atoms with Crippen molar-refractivity contribution in [3.8, 4) is 6.07 Å². The maximum absolute atomic E-state index is 8.77. The molecule has 0 bridgehead atoms. The summed E-state index contributed by atoms with van der Waals surface area (Å²) in [6.45, 7) is 4.99. The van der Waals surface area contributed by atoms with E-state index in [1.54, 1.807) is 12.3 Å². The van der Waals surface area contributed by atoms with Crippen LogP contribution in [0.25, 0.3) is 0 Å². The SMILES string of the molecule is CCN(c1cccc(C)c1)c1ccc(C#N)cn1.